The third kappa shape index (κ3) is 3.83. The standard InChI is InChI=1S/C17H18F2N2O3S.ClH/c1-24-16-5-3-2-4-13(16)15-11-20-8-9-21(15)25(22,23)17-7-6-12(18)10-14(17)19;/h2-7,10,15,20H,8-9,11H2,1H3;1H. The van der Waals surface area contributed by atoms with E-state index in [0.29, 0.717) is 30.5 Å². The summed E-state index contributed by atoms with van der Waals surface area (Å²) in [4.78, 5) is -0.532. The molecule has 1 heterocycles. The minimum absolute atomic E-state index is 0. The van der Waals surface area contributed by atoms with E-state index in [9.17, 15) is 17.2 Å². The van der Waals surface area contributed by atoms with Gasteiger partial charge in [0.25, 0.3) is 0 Å². The van der Waals surface area contributed by atoms with E-state index >= 15 is 0 Å². The minimum Gasteiger partial charge on any atom is -0.496 e. The Kier molecular flexibility index (Phi) is 6.57. The molecule has 2 aromatic carbocycles. The maximum Gasteiger partial charge on any atom is 0.246 e. The number of para-hydroxylation sites is 1. The van der Waals surface area contributed by atoms with Gasteiger partial charge in [-0.15, -0.1) is 12.4 Å². The van der Waals surface area contributed by atoms with Crippen LogP contribution in [0.4, 0.5) is 8.78 Å². The fourth-order valence-electron chi connectivity index (χ4n) is 2.99. The summed E-state index contributed by atoms with van der Waals surface area (Å²) in [5.74, 6) is -1.37. The molecule has 142 valence electrons. The van der Waals surface area contributed by atoms with E-state index in [0.717, 1.165) is 12.1 Å². The Hall–Kier alpha value is -1.74. The minimum atomic E-state index is -4.14. The number of sulfonamides is 1. The van der Waals surface area contributed by atoms with Crippen molar-refractivity contribution < 1.29 is 21.9 Å². The van der Waals surface area contributed by atoms with Crippen molar-refractivity contribution in [1.29, 1.82) is 0 Å². The van der Waals surface area contributed by atoms with Gasteiger partial charge in [-0.05, 0) is 18.2 Å². The van der Waals surface area contributed by atoms with E-state index in [4.69, 9.17) is 4.74 Å². The predicted molar refractivity (Wildman–Crippen MR) is 96.1 cm³/mol. The average molecular weight is 405 g/mol. The van der Waals surface area contributed by atoms with Crippen LogP contribution in [0.25, 0.3) is 0 Å². The van der Waals surface area contributed by atoms with Crippen molar-refractivity contribution in [2.45, 2.75) is 10.9 Å². The van der Waals surface area contributed by atoms with E-state index < -0.39 is 32.6 Å². The Morgan fingerprint density at radius 1 is 1.19 bits per heavy atom. The highest BCUT2D eigenvalue weighted by atomic mass is 35.5. The second-order valence-corrected chi connectivity index (χ2v) is 7.51. The van der Waals surface area contributed by atoms with Crippen LogP contribution in [-0.2, 0) is 10.0 Å². The van der Waals surface area contributed by atoms with E-state index in [1.54, 1.807) is 24.3 Å². The zero-order valence-corrected chi connectivity index (χ0v) is 15.6. The summed E-state index contributed by atoms with van der Waals surface area (Å²) in [6.45, 7) is 0.970. The van der Waals surface area contributed by atoms with Crippen molar-refractivity contribution in [3.8, 4) is 5.75 Å². The number of hydrogen-bond acceptors (Lipinski definition) is 4. The second kappa shape index (κ2) is 8.30. The molecule has 1 aliphatic heterocycles. The van der Waals surface area contributed by atoms with Crippen LogP contribution in [0, 0.1) is 11.6 Å². The molecule has 0 spiro atoms. The number of ether oxygens (including phenoxy) is 1. The third-order valence-corrected chi connectivity index (χ3v) is 6.11. The van der Waals surface area contributed by atoms with Crippen LogP contribution in [-0.4, -0.2) is 39.5 Å². The molecule has 26 heavy (non-hydrogen) atoms. The van der Waals surface area contributed by atoms with Crippen molar-refractivity contribution in [3.63, 3.8) is 0 Å². The van der Waals surface area contributed by atoms with Crippen LogP contribution in [0.15, 0.2) is 47.4 Å². The smallest absolute Gasteiger partial charge is 0.246 e. The highest BCUT2D eigenvalue weighted by molar-refractivity contribution is 7.89. The van der Waals surface area contributed by atoms with Crippen LogP contribution >= 0.6 is 12.4 Å². The maximum absolute atomic E-state index is 14.1. The highest BCUT2D eigenvalue weighted by Gasteiger charge is 2.37. The summed E-state index contributed by atoms with van der Waals surface area (Å²) in [5, 5.41) is 3.15. The summed E-state index contributed by atoms with van der Waals surface area (Å²) in [6.07, 6.45) is 0. The van der Waals surface area contributed by atoms with Gasteiger partial charge < -0.3 is 10.1 Å². The lowest BCUT2D eigenvalue weighted by Gasteiger charge is -2.36. The summed E-state index contributed by atoms with van der Waals surface area (Å²) in [5.41, 5.74) is 0.684. The van der Waals surface area contributed by atoms with E-state index in [1.165, 1.54) is 11.4 Å². The van der Waals surface area contributed by atoms with E-state index in [-0.39, 0.29) is 19.0 Å². The zero-order chi connectivity index (χ0) is 18.0. The van der Waals surface area contributed by atoms with Gasteiger partial charge in [0.2, 0.25) is 10.0 Å². The molecule has 0 bridgehead atoms. The van der Waals surface area contributed by atoms with Gasteiger partial charge in [0.05, 0.1) is 13.2 Å². The SMILES string of the molecule is COc1ccccc1C1CNCCN1S(=O)(=O)c1ccc(F)cc1F.Cl. The second-order valence-electron chi connectivity index (χ2n) is 5.65. The van der Waals surface area contributed by atoms with Crippen LogP contribution in [0.2, 0.25) is 0 Å². The molecule has 1 unspecified atom stereocenters. The molecule has 1 atom stereocenters. The Labute approximate surface area is 157 Å². The van der Waals surface area contributed by atoms with Gasteiger partial charge >= 0.3 is 0 Å². The Morgan fingerprint density at radius 3 is 2.62 bits per heavy atom. The summed E-state index contributed by atoms with van der Waals surface area (Å²) >= 11 is 0. The largest absolute Gasteiger partial charge is 0.496 e. The lowest BCUT2D eigenvalue weighted by molar-refractivity contribution is 0.264. The van der Waals surface area contributed by atoms with Crippen molar-refractivity contribution in [2.24, 2.45) is 0 Å². The first kappa shape index (κ1) is 20.6. The number of halogens is 3. The number of rotatable bonds is 4. The molecule has 2 aromatic rings. The number of methoxy groups -OCH3 is 1. The number of nitrogens with zero attached hydrogens (tertiary/aromatic N) is 1. The molecule has 9 heteroatoms. The van der Waals surface area contributed by atoms with Gasteiger partial charge in [-0.2, -0.15) is 4.31 Å². The lowest BCUT2D eigenvalue weighted by atomic mass is 10.0. The fraction of sp³-hybridized carbons (Fsp3) is 0.294. The summed E-state index contributed by atoms with van der Waals surface area (Å²) < 4.78 is 59.8. The van der Waals surface area contributed by atoms with Gasteiger partial charge in [-0.3, -0.25) is 0 Å². The molecule has 0 saturated carbocycles. The van der Waals surface area contributed by atoms with Crippen LogP contribution in [0.5, 0.6) is 5.75 Å². The quantitative estimate of drug-likeness (QED) is 0.851. The first-order chi connectivity index (χ1) is 11.9. The first-order valence-electron chi connectivity index (χ1n) is 7.75. The average Bonchev–Trinajstić information content (AvgIpc) is 2.61. The zero-order valence-electron chi connectivity index (χ0n) is 14.0. The van der Waals surface area contributed by atoms with Crippen LogP contribution in [0.3, 0.4) is 0 Å². The van der Waals surface area contributed by atoms with Gasteiger partial charge in [0, 0.05) is 31.3 Å². The molecule has 0 aromatic heterocycles. The fourth-order valence-corrected chi connectivity index (χ4v) is 4.64. The third-order valence-electron chi connectivity index (χ3n) is 4.17. The maximum atomic E-state index is 14.1. The van der Waals surface area contributed by atoms with E-state index in [1.807, 2.05) is 0 Å². The van der Waals surface area contributed by atoms with Crippen molar-refractivity contribution in [3.05, 3.63) is 59.7 Å². The van der Waals surface area contributed by atoms with Gasteiger partial charge in [-0.25, -0.2) is 17.2 Å². The number of piperazine rings is 1. The monoisotopic (exact) mass is 404 g/mol. The topological polar surface area (TPSA) is 58.6 Å². The molecule has 0 radical (unpaired) electrons. The van der Waals surface area contributed by atoms with Crippen molar-refractivity contribution >= 4 is 22.4 Å². The van der Waals surface area contributed by atoms with Gasteiger partial charge in [0.1, 0.15) is 22.3 Å². The number of nitrogens with one attached hydrogen (secondary N) is 1. The summed E-state index contributed by atoms with van der Waals surface area (Å²) in [7, 11) is -2.63. The number of hydrogen-bond donors (Lipinski definition) is 1. The Morgan fingerprint density at radius 2 is 1.92 bits per heavy atom. The molecule has 0 amide bonds. The molecular weight excluding hydrogens is 386 g/mol. The Balaban J connectivity index is 0.00000243. The lowest BCUT2D eigenvalue weighted by Crippen LogP contribution is -2.48. The molecule has 3 rings (SSSR count). The van der Waals surface area contributed by atoms with E-state index in [2.05, 4.69) is 5.32 Å². The molecule has 1 fully saturated rings. The van der Waals surface area contributed by atoms with Gasteiger partial charge in [0.15, 0.2) is 0 Å². The molecule has 1 N–H and O–H groups in total. The summed E-state index contributed by atoms with van der Waals surface area (Å²) in [6, 6.07) is 9.02. The molecule has 1 saturated heterocycles. The van der Waals surface area contributed by atoms with Gasteiger partial charge in [-0.1, -0.05) is 18.2 Å². The van der Waals surface area contributed by atoms with Crippen LogP contribution < -0.4 is 10.1 Å². The van der Waals surface area contributed by atoms with Crippen molar-refractivity contribution in [2.75, 3.05) is 26.7 Å². The molecule has 0 aliphatic carbocycles. The molecule has 5 nitrogen and oxygen atoms in total. The predicted octanol–water partition coefficient (Wildman–Crippen LogP) is 2.73. The number of benzene rings is 2. The van der Waals surface area contributed by atoms with Crippen LogP contribution in [0.1, 0.15) is 11.6 Å². The van der Waals surface area contributed by atoms with Crippen molar-refractivity contribution in [1.82, 2.24) is 9.62 Å². The Bertz CT molecular complexity index is 880. The molecular formula is C17H19ClF2N2O3S. The first-order valence-corrected chi connectivity index (χ1v) is 9.19. The highest BCUT2D eigenvalue weighted by Crippen LogP contribution is 2.34. The normalized spacial score (nSPS) is 18.2. The molecule has 1 aliphatic rings.